The van der Waals surface area contributed by atoms with E-state index < -0.39 is 0 Å². The van der Waals surface area contributed by atoms with Crippen LogP contribution in [0.5, 0.6) is 0 Å². The Balaban J connectivity index is 2.97. The largest absolute Gasteiger partial charge is 0.168 e. The Morgan fingerprint density at radius 3 is 2.50 bits per heavy atom. The Bertz CT molecular complexity index is 196. The van der Waals surface area contributed by atoms with Gasteiger partial charge in [0.25, 0.3) is 0 Å². The lowest BCUT2D eigenvalue weighted by Crippen LogP contribution is -2.05. The van der Waals surface area contributed by atoms with E-state index in [1.54, 1.807) is 0 Å². The lowest BCUT2D eigenvalue weighted by Gasteiger charge is -2.14. The number of rotatable bonds is 1. The molecule has 52 valence electrons. The predicted octanol–water partition coefficient (Wildman–Crippen LogP) is 2.45. The molecule has 0 aliphatic carbocycles. The van der Waals surface area contributed by atoms with E-state index in [2.05, 4.69) is 24.8 Å². The highest BCUT2D eigenvalue weighted by atomic mass is 32.1. The van der Waals surface area contributed by atoms with E-state index in [0.717, 1.165) is 5.56 Å². The molecule has 0 bridgehead atoms. The molecule has 0 aliphatic heterocycles. The highest BCUT2D eigenvalue weighted by Gasteiger charge is 2.13. The van der Waals surface area contributed by atoms with Crippen molar-refractivity contribution in [3.05, 3.63) is 35.9 Å². The first-order valence-corrected chi connectivity index (χ1v) is 3.66. The average Bonchev–Trinajstić information content (AvgIpc) is 1.88. The molecule has 0 N–H and O–H groups in total. The first-order chi connectivity index (χ1) is 4.61. The molecule has 0 fully saturated rings. The molecule has 0 aliphatic rings. The molecular formula is C9H10S. The molecule has 0 radical (unpaired) electrons. The van der Waals surface area contributed by atoms with E-state index in [0.29, 0.717) is 0 Å². The summed E-state index contributed by atoms with van der Waals surface area (Å²) in [6.07, 6.45) is 0. The third-order valence-corrected chi connectivity index (χ3v) is 1.55. The average molecular weight is 150 g/mol. The van der Waals surface area contributed by atoms with Crippen molar-refractivity contribution in [1.29, 1.82) is 0 Å². The summed E-state index contributed by atoms with van der Waals surface area (Å²) >= 11 is 4.39. The molecule has 0 saturated carbocycles. The predicted molar refractivity (Wildman–Crippen MR) is 46.1 cm³/mol. The maximum Gasteiger partial charge on any atom is 0.0401 e. The third-order valence-electron chi connectivity index (χ3n) is 1.31. The van der Waals surface area contributed by atoms with E-state index in [9.17, 15) is 0 Å². The molecule has 0 amide bonds. The first kappa shape index (κ1) is 7.50. The van der Waals surface area contributed by atoms with Gasteiger partial charge in [0.2, 0.25) is 0 Å². The molecule has 1 rings (SSSR count). The van der Waals surface area contributed by atoms with Gasteiger partial charge in [0.05, 0.1) is 0 Å². The van der Waals surface area contributed by atoms with E-state index in [-0.39, 0.29) is 4.75 Å². The van der Waals surface area contributed by atoms with Gasteiger partial charge in [-0.05, 0) is 26.0 Å². The smallest absolute Gasteiger partial charge is 0.0401 e. The van der Waals surface area contributed by atoms with Gasteiger partial charge >= 0.3 is 0 Å². The SMILES string of the molecule is CC(C)(S)c1c#cccc1. The molecule has 0 nitrogen and oxygen atoms in total. The second kappa shape index (κ2) is 2.56. The van der Waals surface area contributed by atoms with Crippen LogP contribution >= 0.6 is 12.6 Å². The fourth-order valence-corrected chi connectivity index (χ4v) is 0.841. The Morgan fingerprint density at radius 1 is 1.50 bits per heavy atom. The van der Waals surface area contributed by atoms with Gasteiger partial charge in [-0.25, -0.2) is 0 Å². The second-order valence-electron chi connectivity index (χ2n) is 2.77. The summed E-state index contributed by atoms with van der Waals surface area (Å²) in [5, 5.41) is 0. The van der Waals surface area contributed by atoms with Crippen molar-refractivity contribution in [2.75, 3.05) is 0 Å². The first-order valence-electron chi connectivity index (χ1n) is 3.22. The van der Waals surface area contributed by atoms with Crippen molar-refractivity contribution in [1.82, 2.24) is 0 Å². The molecule has 0 saturated heterocycles. The van der Waals surface area contributed by atoms with E-state index in [1.165, 1.54) is 0 Å². The monoisotopic (exact) mass is 150 g/mol. The summed E-state index contributed by atoms with van der Waals surface area (Å²) in [6.45, 7) is 4.07. The molecule has 0 unspecified atom stereocenters. The number of thiol groups is 1. The highest BCUT2D eigenvalue weighted by Crippen LogP contribution is 2.24. The lowest BCUT2D eigenvalue weighted by atomic mass is 10.0. The van der Waals surface area contributed by atoms with Crippen LogP contribution in [-0.4, -0.2) is 0 Å². The third kappa shape index (κ3) is 1.68. The fraction of sp³-hybridized carbons (Fsp3) is 0.333. The van der Waals surface area contributed by atoms with Crippen LogP contribution in [0, 0.1) is 12.1 Å². The molecule has 10 heavy (non-hydrogen) atoms. The van der Waals surface area contributed by atoms with E-state index in [4.69, 9.17) is 0 Å². The Morgan fingerprint density at radius 2 is 2.20 bits per heavy atom. The normalized spacial score (nSPS) is 10.7. The summed E-state index contributed by atoms with van der Waals surface area (Å²) in [6, 6.07) is 11.7. The molecule has 0 aromatic heterocycles. The molecule has 0 atom stereocenters. The number of hydrogen-bond acceptors (Lipinski definition) is 1. The van der Waals surface area contributed by atoms with Crippen LogP contribution in [0.15, 0.2) is 18.2 Å². The Kier molecular flexibility index (Phi) is 1.92. The van der Waals surface area contributed by atoms with Crippen LogP contribution in [0.1, 0.15) is 19.4 Å². The summed E-state index contributed by atoms with van der Waals surface area (Å²) in [4.78, 5) is 0. The van der Waals surface area contributed by atoms with Crippen molar-refractivity contribution in [3.8, 4) is 0 Å². The van der Waals surface area contributed by atoms with Crippen molar-refractivity contribution in [2.24, 2.45) is 0 Å². The van der Waals surface area contributed by atoms with Crippen LogP contribution < -0.4 is 0 Å². The van der Waals surface area contributed by atoms with Gasteiger partial charge in [0, 0.05) is 10.3 Å². The van der Waals surface area contributed by atoms with Crippen LogP contribution in [-0.2, 0) is 4.75 Å². The van der Waals surface area contributed by atoms with E-state index in [1.807, 2.05) is 32.0 Å². The molecule has 0 spiro atoms. The Hall–Kier alpha value is -0.610. The van der Waals surface area contributed by atoms with Gasteiger partial charge in [-0.15, -0.1) is 0 Å². The minimum atomic E-state index is -0.0994. The van der Waals surface area contributed by atoms with Crippen molar-refractivity contribution in [3.63, 3.8) is 0 Å². The maximum atomic E-state index is 4.39. The summed E-state index contributed by atoms with van der Waals surface area (Å²) in [7, 11) is 0. The summed E-state index contributed by atoms with van der Waals surface area (Å²) in [5.74, 6) is 0. The van der Waals surface area contributed by atoms with Crippen LogP contribution in [0.4, 0.5) is 0 Å². The molecule has 1 aromatic carbocycles. The van der Waals surface area contributed by atoms with Gasteiger partial charge in [0.1, 0.15) is 0 Å². The van der Waals surface area contributed by atoms with Crippen molar-refractivity contribution >= 4 is 12.6 Å². The highest BCUT2D eigenvalue weighted by molar-refractivity contribution is 7.81. The van der Waals surface area contributed by atoms with Gasteiger partial charge in [-0.2, -0.15) is 12.6 Å². The van der Waals surface area contributed by atoms with Gasteiger partial charge in [-0.3, -0.25) is 0 Å². The zero-order valence-electron chi connectivity index (χ0n) is 6.18. The molecule has 1 heteroatoms. The molecule has 0 heterocycles. The van der Waals surface area contributed by atoms with Crippen molar-refractivity contribution < 1.29 is 0 Å². The lowest BCUT2D eigenvalue weighted by molar-refractivity contribution is 0.792. The quantitative estimate of drug-likeness (QED) is 0.584. The van der Waals surface area contributed by atoms with E-state index >= 15 is 0 Å². The standard InChI is InChI=1S/C9H10S/c1-9(2,10)8-6-4-3-5-7-8/h3-4,6,10H,1-2H3. The van der Waals surface area contributed by atoms with Gasteiger partial charge in [-0.1, -0.05) is 18.2 Å². The second-order valence-corrected chi connectivity index (χ2v) is 3.89. The summed E-state index contributed by atoms with van der Waals surface area (Å²) < 4.78 is -0.0994. The number of hydrogen-bond donors (Lipinski definition) is 1. The van der Waals surface area contributed by atoms with Crippen LogP contribution in [0.25, 0.3) is 0 Å². The Labute approximate surface area is 67.7 Å². The zero-order chi connectivity index (χ0) is 7.61. The zero-order valence-corrected chi connectivity index (χ0v) is 7.07. The van der Waals surface area contributed by atoms with Gasteiger partial charge < -0.3 is 0 Å². The topological polar surface area (TPSA) is 0 Å². The van der Waals surface area contributed by atoms with Crippen molar-refractivity contribution in [2.45, 2.75) is 18.6 Å². The van der Waals surface area contributed by atoms with Crippen LogP contribution in [0.3, 0.4) is 0 Å². The minimum Gasteiger partial charge on any atom is -0.168 e. The molecular weight excluding hydrogens is 140 g/mol. The summed E-state index contributed by atoms with van der Waals surface area (Å²) in [5.41, 5.74) is 1.08. The molecule has 1 aromatic rings. The maximum absolute atomic E-state index is 4.39. The van der Waals surface area contributed by atoms with Crippen LogP contribution in [0.2, 0.25) is 0 Å². The van der Waals surface area contributed by atoms with Gasteiger partial charge in [0.15, 0.2) is 0 Å². The minimum absolute atomic E-state index is 0.0994. The fourth-order valence-electron chi connectivity index (χ4n) is 0.710.